The zero-order chi connectivity index (χ0) is 22.8. The van der Waals surface area contributed by atoms with Gasteiger partial charge in [-0.2, -0.15) is 9.97 Å². The van der Waals surface area contributed by atoms with E-state index >= 15 is 4.39 Å². The Bertz CT molecular complexity index is 923. The van der Waals surface area contributed by atoms with Crippen molar-refractivity contribution in [2.75, 3.05) is 38.0 Å². The monoisotopic (exact) mass is 440 g/mol. The number of nitrogen functional groups attached to an aromatic ring is 1. The van der Waals surface area contributed by atoms with Gasteiger partial charge in [0.2, 0.25) is 5.95 Å². The van der Waals surface area contributed by atoms with Gasteiger partial charge in [-0.25, -0.2) is 14.2 Å². The van der Waals surface area contributed by atoms with Crippen molar-refractivity contribution in [1.29, 1.82) is 0 Å². The van der Waals surface area contributed by atoms with E-state index in [0.717, 1.165) is 19.3 Å². The molecule has 12 heteroatoms. The second kappa shape index (κ2) is 9.28. The molecule has 2 aromatic rings. The smallest absolute Gasteiger partial charge is 0.415 e. The molecular formula is C19H29FN6O5. The Balaban J connectivity index is 1.92. The molecule has 1 aliphatic rings. The predicted molar refractivity (Wildman–Crippen MR) is 110 cm³/mol. The first kappa shape index (κ1) is 23.1. The van der Waals surface area contributed by atoms with Gasteiger partial charge < -0.3 is 25.1 Å². The molecule has 0 bridgehead atoms. The molecule has 3 heterocycles. The first-order valence-electron chi connectivity index (χ1n) is 10.1. The molecule has 0 radical (unpaired) electrons. The molecule has 2 aromatic heterocycles. The number of aliphatic hydroxyl groups excluding tert-OH is 1. The number of imidazole rings is 1. The Morgan fingerprint density at radius 2 is 2.19 bits per heavy atom. The summed E-state index contributed by atoms with van der Waals surface area (Å²) in [5.41, 5.74) is 4.07. The van der Waals surface area contributed by atoms with Crippen LogP contribution in [0.4, 0.5) is 21.0 Å². The van der Waals surface area contributed by atoms with Crippen LogP contribution in [-0.4, -0.2) is 76.0 Å². The minimum absolute atomic E-state index is 0.0127. The summed E-state index contributed by atoms with van der Waals surface area (Å²) in [5.74, 6) is -0.0169. The number of fused-ring (bicyclic) bond motifs is 1. The summed E-state index contributed by atoms with van der Waals surface area (Å²) in [6.45, 7) is 3.58. The summed E-state index contributed by atoms with van der Waals surface area (Å²) in [5, 5.41) is 10.3. The summed E-state index contributed by atoms with van der Waals surface area (Å²) in [6, 6.07) is 0. The van der Waals surface area contributed by atoms with Crippen molar-refractivity contribution in [2.24, 2.45) is 0 Å². The summed E-state index contributed by atoms with van der Waals surface area (Å²) in [6.07, 6.45) is -0.126. The quantitative estimate of drug-likeness (QED) is 0.588. The lowest BCUT2D eigenvalue weighted by Gasteiger charge is -2.24. The predicted octanol–water partition coefficient (Wildman–Crippen LogP) is 1.80. The number of carbonyl (C=O) groups excluding carboxylic acids is 1. The molecule has 31 heavy (non-hydrogen) atoms. The summed E-state index contributed by atoms with van der Waals surface area (Å²) in [7, 11) is 2.91. The van der Waals surface area contributed by atoms with E-state index in [0.29, 0.717) is 0 Å². The molecule has 1 aliphatic heterocycles. The lowest BCUT2D eigenvalue weighted by molar-refractivity contribution is -0.0621. The topological polar surface area (TPSA) is 138 Å². The Kier molecular flexibility index (Phi) is 6.92. The number of hydrogen-bond donors (Lipinski definition) is 2. The zero-order valence-electron chi connectivity index (χ0n) is 18.1. The fraction of sp³-hybridized carbons (Fsp3) is 0.684. The van der Waals surface area contributed by atoms with Crippen molar-refractivity contribution in [3.63, 3.8) is 0 Å². The maximum atomic E-state index is 15.4. The third-order valence-corrected chi connectivity index (χ3v) is 5.29. The molecule has 1 fully saturated rings. The van der Waals surface area contributed by atoms with Crippen molar-refractivity contribution in [3.05, 3.63) is 6.33 Å². The van der Waals surface area contributed by atoms with Crippen LogP contribution in [0.3, 0.4) is 0 Å². The van der Waals surface area contributed by atoms with E-state index < -0.39 is 30.2 Å². The number of anilines is 2. The van der Waals surface area contributed by atoms with Gasteiger partial charge in [-0.3, -0.25) is 9.47 Å². The number of nitrogens with two attached hydrogens (primary N) is 1. The summed E-state index contributed by atoms with van der Waals surface area (Å²) >= 11 is 0. The van der Waals surface area contributed by atoms with E-state index in [2.05, 4.69) is 21.9 Å². The van der Waals surface area contributed by atoms with E-state index in [4.69, 9.17) is 19.9 Å². The Labute approximate surface area is 179 Å². The van der Waals surface area contributed by atoms with Crippen LogP contribution in [0.1, 0.15) is 39.3 Å². The fourth-order valence-corrected chi connectivity index (χ4v) is 3.53. The van der Waals surface area contributed by atoms with Gasteiger partial charge in [0.05, 0.1) is 19.5 Å². The molecular weight excluding hydrogens is 411 g/mol. The molecule has 3 N–H and O–H groups in total. The van der Waals surface area contributed by atoms with Crippen LogP contribution >= 0.6 is 0 Å². The number of halogens is 1. The van der Waals surface area contributed by atoms with E-state index in [1.54, 1.807) is 0 Å². The maximum Gasteiger partial charge on any atom is 0.415 e. The Morgan fingerprint density at radius 3 is 2.87 bits per heavy atom. The molecule has 0 aromatic carbocycles. The SMILES string of the molecule is CCCCCOC(=O)N(C)c1nc(N)nc2c1ncn2[C@@H]1O[C@H](COC)[C@@H](O)[C@@]1(C)F. The van der Waals surface area contributed by atoms with Crippen LogP contribution < -0.4 is 10.6 Å². The second-order valence-corrected chi connectivity index (χ2v) is 7.69. The van der Waals surface area contributed by atoms with Crippen molar-refractivity contribution in [2.45, 2.75) is 57.2 Å². The number of methoxy groups -OCH3 is 1. The van der Waals surface area contributed by atoms with Gasteiger partial charge in [0.25, 0.3) is 0 Å². The molecule has 11 nitrogen and oxygen atoms in total. The zero-order valence-corrected chi connectivity index (χ0v) is 18.1. The van der Waals surface area contributed by atoms with E-state index in [-0.39, 0.29) is 36.1 Å². The molecule has 1 saturated heterocycles. The van der Waals surface area contributed by atoms with Crippen molar-refractivity contribution < 1.29 is 28.5 Å². The molecule has 0 spiro atoms. The number of nitrogens with zero attached hydrogens (tertiary/aromatic N) is 5. The highest BCUT2D eigenvalue weighted by Gasteiger charge is 2.55. The Morgan fingerprint density at radius 1 is 1.45 bits per heavy atom. The van der Waals surface area contributed by atoms with Crippen LogP contribution in [0, 0.1) is 0 Å². The highest BCUT2D eigenvalue weighted by molar-refractivity contribution is 5.95. The number of aliphatic hydroxyl groups is 1. The van der Waals surface area contributed by atoms with E-state index in [1.807, 2.05) is 0 Å². The van der Waals surface area contributed by atoms with Crippen LogP contribution in [0.15, 0.2) is 6.33 Å². The average molecular weight is 440 g/mol. The second-order valence-electron chi connectivity index (χ2n) is 7.69. The lowest BCUT2D eigenvalue weighted by atomic mass is 9.98. The number of rotatable bonds is 8. The average Bonchev–Trinajstić information content (AvgIpc) is 3.23. The molecule has 0 unspecified atom stereocenters. The minimum atomic E-state index is -2.15. The van der Waals surface area contributed by atoms with Gasteiger partial charge in [-0.05, 0) is 13.3 Å². The lowest BCUT2D eigenvalue weighted by Crippen LogP contribution is -2.40. The van der Waals surface area contributed by atoms with Gasteiger partial charge in [-0.1, -0.05) is 19.8 Å². The molecule has 0 saturated carbocycles. The summed E-state index contributed by atoms with van der Waals surface area (Å²) < 4.78 is 32.7. The number of carbonyl (C=O) groups is 1. The van der Waals surface area contributed by atoms with Crippen LogP contribution in [0.2, 0.25) is 0 Å². The molecule has 0 aliphatic carbocycles. The third-order valence-electron chi connectivity index (χ3n) is 5.29. The number of aromatic nitrogens is 4. The molecule has 1 amide bonds. The third kappa shape index (κ3) is 4.41. The molecule has 172 valence electrons. The van der Waals surface area contributed by atoms with Gasteiger partial charge in [-0.15, -0.1) is 0 Å². The Hall–Kier alpha value is -2.57. The first-order valence-corrected chi connectivity index (χ1v) is 10.1. The fourth-order valence-electron chi connectivity index (χ4n) is 3.53. The van der Waals surface area contributed by atoms with Gasteiger partial charge in [0.1, 0.15) is 12.2 Å². The van der Waals surface area contributed by atoms with Crippen molar-refractivity contribution in [3.8, 4) is 0 Å². The first-order chi connectivity index (χ1) is 14.7. The number of hydrogen-bond acceptors (Lipinski definition) is 9. The molecule has 3 rings (SSSR count). The standard InChI is InChI=1S/C19H29FN6O5/c1-5-6-7-8-30-18(28)25(3)14-12-15(24-17(21)23-14)26(10-22-12)16-19(2,20)13(27)11(31-16)9-29-4/h10-11,13,16,27H,5-9H2,1-4H3,(H2,21,23,24)/t11-,13-,16-,19-/m1/s1. The highest BCUT2D eigenvalue weighted by Crippen LogP contribution is 2.42. The van der Waals surface area contributed by atoms with Gasteiger partial charge >= 0.3 is 6.09 Å². The minimum Gasteiger partial charge on any atom is -0.449 e. The van der Waals surface area contributed by atoms with E-state index in [9.17, 15) is 9.90 Å². The number of ether oxygens (including phenoxy) is 3. The van der Waals surface area contributed by atoms with Crippen molar-refractivity contribution >= 4 is 29.0 Å². The largest absolute Gasteiger partial charge is 0.449 e. The number of unbranched alkanes of at least 4 members (excludes halogenated alkanes) is 2. The highest BCUT2D eigenvalue weighted by atomic mass is 19.1. The van der Waals surface area contributed by atoms with Gasteiger partial charge in [0, 0.05) is 14.2 Å². The van der Waals surface area contributed by atoms with Crippen LogP contribution in [-0.2, 0) is 14.2 Å². The van der Waals surface area contributed by atoms with Crippen LogP contribution in [0.25, 0.3) is 11.2 Å². The van der Waals surface area contributed by atoms with E-state index in [1.165, 1.54) is 36.9 Å². The van der Waals surface area contributed by atoms with Crippen molar-refractivity contribution in [1.82, 2.24) is 19.5 Å². The molecule has 4 atom stereocenters. The summed E-state index contributed by atoms with van der Waals surface area (Å²) in [4.78, 5) is 26.1. The normalized spacial score (nSPS) is 25.8. The number of amides is 1. The number of alkyl halides is 1. The van der Waals surface area contributed by atoms with Crippen LogP contribution in [0.5, 0.6) is 0 Å². The maximum absolute atomic E-state index is 15.4. The van der Waals surface area contributed by atoms with Gasteiger partial charge in [0.15, 0.2) is 28.9 Å².